The van der Waals surface area contributed by atoms with Crippen LogP contribution in [-0.4, -0.2) is 21.9 Å². The summed E-state index contributed by atoms with van der Waals surface area (Å²) in [5, 5.41) is 19.2. The molecule has 1 aromatic heterocycles. The van der Waals surface area contributed by atoms with Crippen molar-refractivity contribution in [2.24, 2.45) is 5.92 Å². The third-order valence-corrected chi connectivity index (χ3v) is 4.26. The van der Waals surface area contributed by atoms with Gasteiger partial charge in [-0.2, -0.15) is 0 Å². The Kier molecular flexibility index (Phi) is 3.76. The van der Waals surface area contributed by atoms with E-state index in [1.54, 1.807) is 12.1 Å². The maximum Gasteiger partial charge on any atom is 0.234 e. The van der Waals surface area contributed by atoms with Crippen LogP contribution >= 0.6 is 11.3 Å². The predicted molar refractivity (Wildman–Crippen MR) is 84.1 cm³/mol. The van der Waals surface area contributed by atoms with E-state index < -0.39 is 16.9 Å². The molecule has 0 unspecified atom stereocenters. The second-order valence-corrected chi connectivity index (χ2v) is 6.04. The van der Waals surface area contributed by atoms with Crippen molar-refractivity contribution in [1.29, 1.82) is 0 Å². The summed E-state index contributed by atoms with van der Waals surface area (Å²) in [5.41, 5.74) is 2.45. The van der Waals surface area contributed by atoms with Crippen LogP contribution in [0.5, 0.6) is 0 Å². The summed E-state index contributed by atoms with van der Waals surface area (Å²) in [5.74, 6) is -0.802. The average Bonchev–Trinajstić information content (AvgIpc) is 3.19. The number of nitrogens with zero attached hydrogens (tertiary/aromatic N) is 2. The number of nitrogens with one attached hydrogen (secondary N) is 2. The molecule has 0 bridgehead atoms. The van der Waals surface area contributed by atoms with E-state index >= 15 is 0 Å². The number of aryl methyl sites for hydroxylation is 1. The molecule has 1 aliphatic carbocycles. The van der Waals surface area contributed by atoms with Gasteiger partial charge in [0.2, 0.25) is 11.9 Å². The Morgan fingerprint density at radius 1 is 1.36 bits per heavy atom. The zero-order valence-corrected chi connectivity index (χ0v) is 12.6. The van der Waals surface area contributed by atoms with Crippen LogP contribution in [0.3, 0.4) is 0 Å². The average molecular weight is 318 g/mol. The topological polar surface area (TPSA) is 97.2 Å². The predicted octanol–water partition coefficient (Wildman–Crippen LogP) is 2.80. The van der Waals surface area contributed by atoms with E-state index in [1.165, 1.54) is 11.3 Å². The fourth-order valence-electron chi connectivity index (χ4n) is 2.10. The molecule has 0 spiro atoms. The standard InChI is InChI=1S/C14H14N4O3S/c1-8-7-22-14(15-8)17-10-4-2-9(3-5-10)16-13(19)11-6-12(11)18(20)21/h2-5,7,11-12H,6H2,1H3,(H,15,17)(H,16,19)/t11-,12+/m0/s1. The molecule has 1 saturated carbocycles. The highest BCUT2D eigenvalue weighted by molar-refractivity contribution is 7.13. The molecular formula is C14H14N4O3S. The molecule has 2 aromatic rings. The SMILES string of the molecule is Cc1csc(Nc2ccc(NC(=O)[C@H]3C[C@H]3[N+](=O)[O-])cc2)n1. The smallest absolute Gasteiger partial charge is 0.234 e. The Balaban J connectivity index is 1.58. The fourth-order valence-corrected chi connectivity index (χ4v) is 2.81. The number of thiazole rings is 1. The number of benzene rings is 1. The van der Waals surface area contributed by atoms with Crippen molar-refractivity contribution in [3.63, 3.8) is 0 Å². The monoisotopic (exact) mass is 318 g/mol. The molecule has 1 aliphatic rings. The number of carbonyl (C=O) groups is 1. The maximum absolute atomic E-state index is 11.8. The maximum atomic E-state index is 11.8. The van der Waals surface area contributed by atoms with Gasteiger partial charge in [-0.25, -0.2) is 4.98 Å². The fraction of sp³-hybridized carbons (Fsp3) is 0.286. The van der Waals surface area contributed by atoms with Crippen molar-refractivity contribution in [3.05, 3.63) is 45.5 Å². The van der Waals surface area contributed by atoms with Gasteiger partial charge in [-0.3, -0.25) is 14.9 Å². The first kappa shape index (κ1) is 14.5. The van der Waals surface area contributed by atoms with Crippen LogP contribution in [0.15, 0.2) is 29.6 Å². The van der Waals surface area contributed by atoms with Gasteiger partial charge < -0.3 is 10.6 Å². The number of hydrogen-bond donors (Lipinski definition) is 2. The van der Waals surface area contributed by atoms with Crippen LogP contribution in [-0.2, 0) is 4.79 Å². The molecule has 3 rings (SSSR count). The van der Waals surface area contributed by atoms with Gasteiger partial charge in [0.25, 0.3) is 0 Å². The Morgan fingerprint density at radius 2 is 2.05 bits per heavy atom. The highest BCUT2D eigenvalue weighted by Gasteiger charge is 2.53. The Hall–Kier alpha value is -2.48. The molecule has 1 aromatic carbocycles. The molecule has 22 heavy (non-hydrogen) atoms. The minimum atomic E-state index is -0.728. The number of anilines is 3. The van der Waals surface area contributed by atoms with Gasteiger partial charge in [-0.15, -0.1) is 11.3 Å². The third kappa shape index (κ3) is 3.22. The minimum absolute atomic E-state index is 0.294. The summed E-state index contributed by atoms with van der Waals surface area (Å²) in [6.07, 6.45) is 0.321. The van der Waals surface area contributed by atoms with Gasteiger partial charge in [0, 0.05) is 28.1 Å². The number of aromatic nitrogens is 1. The van der Waals surface area contributed by atoms with Crippen molar-refractivity contribution in [2.45, 2.75) is 19.4 Å². The molecule has 7 nitrogen and oxygen atoms in total. The molecule has 0 radical (unpaired) electrons. The van der Waals surface area contributed by atoms with E-state index in [9.17, 15) is 14.9 Å². The number of amides is 1. The molecule has 2 atom stereocenters. The zero-order chi connectivity index (χ0) is 15.7. The molecule has 1 fully saturated rings. The van der Waals surface area contributed by atoms with Crippen LogP contribution < -0.4 is 10.6 Å². The molecule has 8 heteroatoms. The van der Waals surface area contributed by atoms with E-state index in [4.69, 9.17) is 0 Å². The Labute approximate surface area is 130 Å². The number of nitro groups is 1. The molecule has 2 N–H and O–H groups in total. The summed E-state index contributed by atoms with van der Waals surface area (Å²) in [4.78, 5) is 26.3. The van der Waals surface area contributed by atoms with Gasteiger partial charge in [0.1, 0.15) is 5.92 Å². The lowest BCUT2D eigenvalue weighted by Gasteiger charge is -2.06. The molecule has 114 valence electrons. The van der Waals surface area contributed by atoms with Crippen molar-refractivity contribution in [2.75, 3.05) is 10.6 Å². The van der Waals surface area contributed by atoms with E-state index in [2.05, 4.69) is 15.6 Å². The number of rotatable bonds is 5. The highest BCUT2D eigenvalue weighted by Crippen LogP contribution is 2.34. The lowest BCUT2D eigenvalue weighted by atomic mass is 10.2. The van der Waals surface area contributed by atoms with Crippen LogP contribution in [0.2, 0.25) is 0 Å². The largest absolute Gasteiger partial charge is 0.332 e. The second kappa shape index (κ2) is 5.72. The first-order valence-electron chi connectivity index (χ1n) is 6.76. The van der Waals surface area contributed by atoms with Gasteiger partial charge >= 0.3 is 0 Å². The summed E-state index contributed by atoms with van der Waals surface area (Å²) >= 11 is 1.52. The minimum Gasteiger partial charge on any atom is -0.332 e. The quantitative estimate of drug-likeness (QED) is 0.652. The van der Waals surface area contributed by atoms with Crippen LogP contribution in [0.4, 0.5) is 16.5 Å². The van der Waals surface area contributed by atoms with Crippen molar-refractivity contribution in [1.82, 2.24) is 4.98 Å². The summed E-state index contributed by atoms with van der Waals surface area (Å²) < 4.78 is 0. The van der Waals surface area contributed by atoms with Crippen LogP contribution in [0.25, 0.3) is 0 Å². The van der Waals surface area contributed by atoms with E-state index in [0.29, 0.717) is 12.1 Å². The van der Waals surface area contributed by atoms with Crippen molar-refractivity contribution < 1.29 is 9.72 Å². The number of hydrogen-bond acceptors (Lipinski definition) is 6. The molecule has 1 amide bonds. The first-order chi connectivity index (χ1) is 10.5. The van der Waals surface area contributed by atoms with E-state index in [-0.39, 0.29) is 5.91 Å². The first-order valence-corrected chi connectivity index (χ1v) is 7.64. The Bertz CT molecular complexity index is 713. The molecular weight excluding hydrogens is 304 g/mol. The zero-order valence-electron chi connectivity index (χ0n) is 11.8. The Morgan fingerprint density at radius 3 is 2.59 bits per heavy atom. The normalized spacial score (nSPS) is 19.5. The lowest BCUT2D eigenvalue weighted by molar-refractivity contribution is -0.497. The summed E-state index contributed by atoms with van der Waals surface area (Å²) in [6, 6.07) is 6.43. The second-order valence-electron chi connectivity index (χ2n) is 5.18. The summed E-state index contributed by atoms with van der Waals surface area (Å²) in [6.45, 7) is 1.93. The highest BCUT2D eigenvalue weighted by atomic mass is 32.1. The van der Waals surface area contributed by atoms with Gasteiger partial charge in [0.05, 0.1) is 5.69 Å². The van der Waals surface area contributed by atoms with E-state index in [0.717, 1.165) is 16.5 Å². The van der Waals surface area contributed by atoms with Crippen molar-refractivity contribution >= 4 is 33.8 Å². The van der Waals surface area contributed by atoms with E-state index in [1.807, 2.05) is 24.4 Å². The molecule has 0 aliphatic heterocycles. The van der Waals surface area contributed by atoms with Crippen LogP contribution in [0.1, 0.15) is 12.1 Å². The van der Waals surface area contributed by atoms with Gasteiger partial charge in [0.15, 0.2) is 5.13 Å². The molecule has 1 heterocycles. The lowest BCUT2D eigenvalue weighted by Crippen LogP contribution is -2.18. The number of carbonyl (C=O) groups excluding carboxylic acids is 1. The molecule has 0 saturated heterocycles. The summed E-state index contributed by atoms with van der Waals surface area (Å²) in [7, 11) is 0. The third-order valence-electron chi connectivity index (χ3n) is 3.39. The van der Waals surface area contributed by atoms with Crippen LogP contribution in [0, 0.1) is 23.0 Å². The van der Waals surface area contributed by atoms with Crippen molar-refractivity contribution in [3.8, 4) is 0 Å². The van der Waals surface area contributed by atoms with Gasteiger partial charge in [-0.1, -0.05) is 0 Å². The van der Waals surface area contributed by atoms with Gasteiger partial charge in [-0.05, 0) is 31.2 Å².